The van der Waals surface area contributed by atoms with Crippen molar-refractivity contribution in [3.8, 4) is 0 Å². The van der Waals surface area contributed by atoms with E-state index < -0.39 is 0 Å². The summed E-state index contributed by atoms with van der Waals surface area (Å²) in [6, 6.07) is 4.52. The number of isocyanates is 1. The van der Waals surface area contributed by atoms with E-state index in [0.717, 1.165) is 50.6 Å². The van der Waals surface area contributed by atoms with Gasteiger partial charge in [0.05, 0.1) is 5.69 Å². The van der Waals surface area contributed by atoms with Crippen LogP contribution in [0.25, 0.3) is 0 Å². The Morgan fingerprint density at radius 2 is 1.33 bits per heavy atom. The van der Waals surface area contributed by atoms with E-state index in [9.17, 15) is 4.79 Å². The fraction of sp³-hybridized carbons (Fsp3) is 0.632. The van der Waals surface area contributed by atoms with Crippen molar-refractivity contribution >= 4 is 11.8 Å². The van der Waals surface area contributed by atoms with Crippen LogP contribution in [-0.4, -0.2) is 6.08 Å². The zero-order chi connectivity index (χ0) is 15.5. The molecule has 0 saturated carbocycles. The molecule has 0 aliphatic heterocycles. The largest absolute Gasteiger partial charge is 0.240 e. The number of unbranched alkanes of at least 4 members (excludes halogenated alkanes) is 3. The van der Waals surface area contributed by atoms with E-state index in [1.807, 2.05) is 0 Å². The summed E-state index contributed by atoms with van der Waals surface area (Å²) < 4.78 is 0. The second kappa shape index (κ2) is 10.3. The third-order valence-electron chi connectivity index (χ3n) is 3.90. The molecular formula is C19H29NO. The van der Waals surface area contributed by atoms with Crippen LogP contribution < -0.4 is 0 Å². The normalized spacial score (nSPS) is 10.4. The fourth-order valence-electron chi connectivity index (χ4n) is 2.66. The van der Waals surface area contributed by atoms with Crippen molar-refractivity contribution in [3.05, 3.63) is 28.8 Å². The number of nitrogens with zero attached hydrogens (tertiary/aromatic N) is 1. The average molecular weight is 287 g/mol. The Hall–Kier alpha value is -1.40. The molecular weight excluding hydrogens is 258 g/mol. The van der Waals surface area contributed by atoms with Gasteiger partial charge in [0.15, 0.2) is 0 Å². The molecule has 0 aliphatic rings. The van der Waals surface area contributed by atoms with Gasteiger partial charge in [-0.2, -0.15) is 4.99 Å². The Morgan fingerprint density at radius 3 is 1.76 bits per heavy atom. The van der Waals surface area contributed by atoms with Gasteiger partial charge < -0.3 is 0 Å². The third kappa shape index (κ3) is 5.85. The van der Waals surface area contributed by atoms with Crippen molar-refractivity contribution < 1.29 is 4.79 Å². The molecule has 0 fully saturated rings. The topological polar surface area (TPSA) is 29.4 Å². The van der Waals surface area contributed by atoms with E-state index in [1.54, 1.807) is 6.08 Å². The van der Waals surface area contributed by atoms with Crippen LogP contribution in [0.3, 0.4) is 0 Å². The predicted molar refractivity (Wildman–Crippen MR) is 90.1 cm³/mol. The number of aliphatic imine (C=N–C) groups is 1. The Kier molecular flexibility index (Phi) is 8.69. The summed E-state index contributed by atoms with van der Waals surface area (Å²) in [5.74, 6) is 0. The molecule has 1 rings (SSSR count). The molecule has 2 heteroatoms. The molecule has 1 aromatic rings. The highest BCUT2D eigenvalue weighted by Crippen LogP contribution is 2.30. The van der Waals surface area contributed by atoms with E-state index in [0.29, 0.717) is 0 Å². The van der Waals surface area contributed by atoms with E-state index in [4.69, 9.17) is 0 Å². The second-order valence-corrected chi connectivity index (χ2v) is 5.78. The average Bonchev–Trinajstić information content (AvgIpc) is 2.50. The summed E-state index contributed by atoms with van der Waals surface area (Å²) in [6.07, 6.45) is 11.9. The molecule has 2 nitrogen and oxygen atoms in total. The number of carbonyl (C=O) groups excluding carboxylic acids is 1. The van der Waals surface area contributed by atoms with Crippen LogP contribution in [0.5, 0.6) is 0 Å². The van der Waals surface area contributed by atoms with Crippen molar-refractivity contribution in [1.82, 2.24) is 0 Å². The van der Waals surface area contributed by atoms with Gasteiger partial charge in [0.1, 0.15) is 0 Å². The van der Waals surface area contributed by atoms with E-state index in [2.05, 4.69) is 37.9 Å². The Bertz CT molecular complexity index is 443. The van der Waals surface area contributed by atoms with Gasteiger partial charge in [0, 0.05) is 0 Å². The minimum Gasteiger partial charge on any atom is -0.211 e. The molecule has 116 valence electrons. The summed E-state index contributed by atoms with van der Waals surface area (Å²) in [4.78, 5) is 14.8. The lowest BCUT2D eigenvalue weighted by Crippen LogP contribution is -1.97. The Morgan fingerprint density at radius 1 is 0.857 bits per heavy atom. The van der Waals surface area contributed by atoms with Crippen LogP contribution in [0.15, 0.2) is 17.1 Å². The SMILES string of the molecule is CCCCc1cc(CCCC)c(N=C=O)c(CCCC)c1. The van der Waals surface area contributed by atoms with Crippen LogP contribution in [-0.2, 0) is 24.1 Å². The highest BCUT2D eigenvalue weighted by atomic mass is 16.1. The van der Waals surface area contributed by atoms with Gasteiger partial charge in [-0.15, -0.1) is 0 Å². The summed E-state index contributed by atoms with van der Waals surface area (Å²) in [5.41, 5.74) is 4.77. The van der Waals surface area contributed by atoms with E-state index >= 15 is 0 Å². The van der Waals surface area contributed by atoms with Crippen molar-refractivity contribution in [2.75, 3.05) is 0 Å². The van der Waals surface area contributed by atoms with Crippen molar-refractivity contribution in [2.24, 2.45) is 4.99 Å². The summed E-state index contributed by atoms with van der Waals surface area (Å²) in [5, 5.41) is 0. The first-order valence-electron chi connectivity index (χ1n) is 8.49. The van der Waals surface area contributed by atoms with Gasteiger partial charge in [-0.1, -0.05) is 52.2 Å². The zero-order valence-corrected chi connectivity index (χ0v) is 13.9. The van der Waals surface area contributed by atoms with E-state index in [1.165, 1.54) is 29.5 Å². The van der Waals surface area contributed by atoms with Gasteiger partial charge in [0.25, 0.3) is 0 Å². The fourth-order valence-corrected chi connectivity index (χ4v) is 2.66. The summed E-state index contributed by atoms with van der Waals surface area (Å²) in [6.45, 7) is 6.62. The summed E-state index contributed by atoms with van der Waals surface area (Å²) in [7, 11) is 0. The minimum absolute atomic E-state index is 0.896. The standard InChI is InChI=1S/C19H29NO/c1-4-7-10-16-13-17(11-8-5-2)19(20-15-21)18(14-16)12-9-6-3/h13-14H,4-12H2,1-3H3. The molecule has 0 heterocycles. The monoisotopic (exact) mass is 287 g/mol. The van der Waals surface area contributed by atoms with Crippen LogP contribution in [0.2, 0.25) is 0 Å². The first kappa shape index (κ1) is 17.7. The third-order valence-corrected chi connectivity index (χ3v) is 3.90. The van der Waals surface area contributed by atoms with Crippen molar-refractivity contribution in [1.29, 1.82) is 0 Å². The van der Waals surface area contributed by atoms with Gasteiger partial charge in [-0.3, -0.25) is 0 Å². The molecule has 1 aromatic carbocycles. The second-order valence-electron chi connectivity index (χ2n) is 5.78. The maximum Gasteiger partial charge on any atom is 0.240 e. The molecule has 0 spiro atoms. The maximum atomic E-state index is 10.8. The molecule has 0 aromatic heterocycles. The molecule has 21 heavy (non-hydrogen) atoms. The number of benzene rings is 1. The van der Waals surface area contributed by atoms with Crippen LogP contribution in [0.4, 0.5) is 5.69 Å². The molecule has 0 atom stereocenters. The quantitative estimate of drug-likeness (QED) is 0.402. The van der Waals surface area contributed by atoms with Crippen LogP contribution in [0.1, 0.15) is 76.0 Å². The zero-order valence-electron chi connectivity index (χ0n) is 13.9. The maximum absolute atomic E-state index is 10.8. The molecule has 0 unspecified atom stereocenters. The molecule has 0 N–H and O–H groups in total. The van der Waals surface area contributed by atoms with Crippen molar-refractivity contribution in [3.63, 3.8) is 0 Å². The molecule has 0 amide bonds. The molecule has 0 radical (unpaired) electrons. The lowest BCUT2D eigenvalue weighted by Gasteiger charge is -2.13. The first-order chi connectivity index (χ1) is 10.3. The predicted octanol–water partition coefficient (Wildman–Crippen LogP) is 5.68. The number of hydrogen-bond donors (Lipinski definition) is 0. The van der Waals surface area contributed by atoms with E-state index in [-0.39, 0.29) is 0 Å². The molecule has 0 saturated heterocycles. The first-order valence-corrected chi connectivity index (χ1v) is 8.49. The highest BCUT2D eigenvalue weighted by Gasteiger charge is 2.10. The summed E-state index contributed by atoms with van der Waals surface area (Å²) >= 11 is 0. The van der Waals surface area contributed by atoms with Crippen LogP contribution in [0, 0.1) is 0 Å². The smallest absolute Gasteiger partial charge is 0.211 e. The van der Waals surface area contributed by atoms with Gasteiger partial charge in [-0.25, -0.2) is 4.79 Å². The lowest BCUT2D eigenvalue weighted by molar-refractivity contribution is 0.565. The van der Waals surface area contributed by atoms with Gasteiger partial charge >= 0.3 is 0 Å². The lowest BCUT2D eigenvalue weighted by atomic mass is 9.94. The van der Waals surface area contributed by atoms with Gasteiger partial charge in [0.2, 0.25) is 6.08 Å². The molecule has 0 bridgehead atoms. The van der Waals surface area contributed by atoms with Gasteiger partial charge in [-0.05, 0) is 55.2 Å². The molecule has 0 aliphatic carbocycles. The highest BCUT2D eigenvalue weighted by molar-refractivity contribution is 5.60. The van der Waals surface area contributed by atoms with Crippen molar-refractivity contribution in [2.45, 2.75) is 78.6 Å². The number of hydrogen-bond acceptors (Lipinski definition) is 2. The number of aryl methyl sites for hydroxylation is 3. The van der Waals surface area contributed by atoms with Crippen LogP contribution >= 0.6 is 0 Å². The number of rotatable bonds is 10. The Balaban J connectivity index is 3.16. The Labute approximate surface area is 129 Å². The minimum atomic E-state index is 0.896.